The van der Waals surface area contributed by atoms with Crippen molar-refractivity contribution in [2.75, 3.05) is 19.7 Å². The Morgan fingerprint density at radius 3 is 2.63 bits per heavy atom. The fraction of sp³-hybridized carbons (Fsp3) is 0.448. The van der Waals surface area contributed by atoms with E-state index in [1.165, 1.54) is 30.5 Å². The van der Waals surface area contributed by atoms with Crippen LogP contribution in [0.5, 0.6) is 0 Å². The lowest BCUT2D eigenvalue weighted by atomic mass is 10.0. The normalized spacial score (nSPS) is 15.4. The number of likely N-dealkylation sites (tertiary alicyclic amines) is 1. The number of piperidine rings is 1. The zero-order chi connectivity index (χ0) is 25.2. The van der Waals surface area contributed by atoms with Crippen molar-refractivity contribution in [1.29, 1.82) is 0 Å². The van der Waals surface area contributed by atoms with Gasteiger partial charge in [0.1, 0.15) is 0 Å². The number of fused-ring (bicyclic) bond motifs is 1. The number of esters is 1. The van der Waals surface area contributed by atoms with Gasteiger partial charge in [0.2, 0.25) is 0 Å². The Morgan fingerprint density at radius 1 is 1.14 bits per heavy atom. The molecule has 3 rings (SSSR count). The number of hydrogen-bond acceptors (Lipinski definition) is 5. The number of aromatic nitrogens is 1. The first-order valence-corrected chi connectivity index (χ1v) is 12.7. The van der Waals surface area contributed by atoms with E-state index in [0.29, 0.717) is 25.3 Å². The van der Waals surface area contributed by atoms with Crippen LogP contribution in [0.2, 0.25) is 0 Å². The highest BCUT2D eigenvalue weighted by Crippen LogP contribution is 2.23. The Labute approximate surface area is 209 Å². The minimum absolute atomic E-state index is 0.186. The number of nitrogens with zero attached hydrogens (tertiary/aromatic N) is 3. The molecule has 0 N–H and O–H groups in total. The van der Waals surface area contributed by atoms with E-state index in [2.05, 4.69) is 41.1 Å². The second-order valence-corrected chi connectivity index (χ2v) is 8.93. The largest absolute Gasteiger partial charge is 0.466 e. The highest BCUT2D eigenvalue weighted by molar-refractivity contribution is 5.98. The molecule has 188 valence electrons. The van der Waals surface area contributed by atoms with Crippen molar-refractivity contribution in [3.05, 3.63) is 71.3 Å². The SMILES string of the molecule is C=C(O/N=C/c1cccc2c1ccn2CCC(=O)OCC)/C(C)=C/C(CC)=C(\C)N1CCCCC1. The van der Waals surface area contributed by atoms with Gasteiger partial charge in [-0.1, -0.05) is 36.9 Å². The van der Waals surface area contributed by atoms with Crippen molar-refractivity contribution in [1.82, 2.24) is 9.47 Å². The first kappa shape index (κ1) is 26.3. The van der Waals surface area contributed by atoms with Crippen LogP contribution in [0.25, 0.3) is 10.9 Å². The van der Waals surface area contributed by atoms with Gasteiger partial charge in [-0.05, 0) is 69.7 Å². The monoisotopic (exact) mass is 477 g/mol. The molecule has 0 unspecified atom stereocenters. The Morgan fingerprint density at radius 2 is 1.91 bits per heavy atom. The molecule has 0 amide bonds. The molecule has 1 aromatic carbocycles. The van der Waals surface area contributed by atoms with Crippen LogP contribution in [0.1, 0.15) is 65.4 Å². The lowest BCUT2D eigenvalue weighted by Crippen LogP contribution is -2.28. The molecule has 1 saturated heterocycles. The summed E-state index contributed by atoms with van der Waals surface area (Å²) in [4.78, 5) is 19.8. The molecule has 0 aliphatic carbocycles. The summed E-state index contributed by atoms with van der Waals surface area (Å²) >= 11 is 0. The molecule has 1 aliphatic heterocycles. The summed E-state index contributed by atoms with van der Waals surface area (Å²) in [6, 6.07) is 8.04. The topological polar surface area (TPSA) is 56.1 Å². The molecule has 6 heteroatoms. The molecule has 1 aromatic heterocycles. The van der Waals surface area contributed by atoms with Gasteiger partial charge in [-0.15, -0.1) is 0 Å². The summed E-state index contributed by atoms with van der Waals surface area (Å²) in [5.74, 6) is 0.354. The van der Waals surface area contributed by atoms with E-state index in [1.807, 2.05) is 44.3 Å². The van der Waals surface area contributed by atoms with E-state index in [1.54, 1.807) is 6.21 Å². The predicted molar refractivity (Wildman–Crippen MR) is 143 cm³/mol. The predicted octanol–water partition coefficient (Wildman–Crippen LogP) is 6.57. The number of benzene rings is 1. The van der Waals surface area contributed by atoms with E-state index in [9.17, 15) is 4.79 Å². The van der Waals surface area contributed by atoms with Crippen LogP contribution < -0.4 is 0 Å². The van der Waals surface area contributed by atoms with Crippen LogP contribution in [0.3, 0.4) is 0 Å². The first-order valence-electron chi connectivity index (χ1n) is 12.7. The maximum Gasteiger partial charge on any atom is 0.307 e. The van der Waals surface area contributed by atoms with Crippen molar-refractivity contribution in [2.45, 2.75) is 66.3 Å². The molecule has 0 radical (unpaired) electrons. The zero-order valence-corrected chi connectivity index (χ0v) is 21.7. The average molecular weight is 478 g/mol. The van der Waals surface area contributed by atoms with Crippen LogP contribution in [0.15, 0.2) is 70.9 Å². The molecule has 0 spiro atoms. The van der Waals surface area contributed by atoms with Gasteiger partial charge in [-0.3, -0.25) is 4.79 Å². The van der Waals surface area contributed by atoms with Crippen molar-refractivity contribution < 1.29 is 14.4 Å². The van der Waals surface area contributed by atoms with Crippen LogP contribution in [-0.2, 0) is 20.9 Å². The molecule has 35 heavy (non-hydrogen) atoms. The van der Waals surface area contributed by atoms with E-state index in [4.69, 9.17) is 9.57 Å². The number of rotatable bonds is 11. The molecule has 0 bridgehead atoms. The number of oxime groups is 1. The number of allylic oxidation sites excluding steroid dienone is 4. The number of aryl methyl sites for hydroxylation is 1. The Bertz CT molecular complexity index is 1120. The van der Waals surface area contributed by atoms with Gasteiger partial charge in [0.25, 0.3) is 0 Å². The second kappa shape index (κ2) is 13.0. The molecule has 1 fully saturated rings. The number of hydrogen-bond donors (Lipinski definition) is 0. The molecule has 2 aromatic rings. The van der Waals surface area contributed by atoms with Crippen molar-refractivity contribution in [3.63, 3.8) is 0 Å². The fourth-order valence-electron chi connectivity index (χ4n) is 4.46. The molecule has 6 nitrogen and oxygen atoms in total. The molecule has 1 aliphatic rings. The molecular weight excluding hydrogens is 438 g/mol. The smallest absolute Gasteiger partial charge is 0.307 e. The van der Waals surface area contributed by atoms with Crippen LogP contribution in [-0.4, -0.2) is 41.3 Å². The molecule has 2 heterocycles. The van der Waals surface area contributed by atoms with E-state index in [-0.39, 0.29) is 5.97 Å². The van der Waals surface area contributed by atoms with Gasteiger partial charge < -0.3 is 19.0 Å². The van der Waals surface area contributed by atoms with Crippen LogP contribution in [0.4, 0.5) is 0 Å². The first-order chi connectivity index (χ1) is 16.9. The third kappa shape index (κ3) is 7.10. The van der Waals surface area contributed by atoms with Gasteiger partial charge in [-0.25, -0.2) is 0 Å². The molecular formula is C29H39N3O3. The summed E-state index contributed by atoms with van der Waals surface area (Å²) in [7, 11) is 0. The average Bonchev–Trinajstić information content (AvgIpc) is 3.30. The Hall–Kier alpha value is -3.28. The van der Waals surface area contributed by atoms with E-state index < -0.39 is 0 Å². The van der Waals surface area contributed by atoms with Crippen LogP contribution in [0, 0.1) is 0 Å². The lowest BCUT2D eigenvalue weighted by Gasteiger charge is -2.31. The van der Waals surface area contributed by atoms with Gasteiger partial charge in [-0.2, -0.15) is 0 Å². The summed E-state index contributed by atoms with van der Waals surface area (Å²) < 4.78 is 7.09. The number of ether oxygens (including phenoxy) is 1. The Balaban J connectivity index is 1.66. The zero-order valence-electron chi connectivity index (χ0n) is 21.7. The van der Waals surface area contributed by atoms with Crippen molar-refractivity contribution in [3.8, 4) is 0 Å². The maximum absolute atomic E-state index is 11.7. The second-order valence-electron chi connectivity index (χ2n) is 8.93. The van der Waals surface area contributed by atoms with Crippen molar-refractivity contribution >= 4 is 23.1 Å². The van der Waals surface area contributed by atoms with E-state index in [0.717, 1.165) is 41.5 Å². The summed E-state index contributed by atoms with van der Waals surface area (Å²) in [6.45, 7) is 15.6. The van der Waals surface area contributed by atoms with Gasteiger partial charge in [0, 0.05) is 48.0 Å². The summed E-state index contributed by atoms with van der Waals surface area (Å²) in [6.07, 6.45) is 11.0. The quantitative estimate of drug-likeness (QED) is 0.121. The summed E-state index contributed by atoms with van der Waals surface area (Å²) in [5, 5.41) is 5.26. The highest BCUT2D eigenvalue weighted by atomic mass is 16.6. The molecule has 0 atom stereocenters. The minimum Gasteiger partial charge on any atom is -0.466 e. The lowest BCUT2D eigenvalue weighted by molar-refractivity contribution is -0.143. The summed E-state index contributed by atoms with van der Waals surface area (Å²) in [5.41, 5.74) is 5.62. The fourth-order valence-corrected chi connectivity index (χ4v) is 4.46. The third-order valence-corrected chi connectivity index (χ3v) is 6.57. The van der Waals surface area contributed by atoms with Crippen LogP contribution >= 0.6 is 0 Å². The Kier molecular flexibility index (Phi) is 9.76. The number of carbonyl (C=O) groups is 1. The van der Waals surface area contributed by atoms with Gasteiger partial charge in [0.15, 0.2) is 5.76 Å². The minimum atomic E-state index is -0.186. The third-order valence-electron chi connectivity index (χ3n) is 6.57. The van der Waals surface area contributed by atoms with Crippen molar-refractivity contribution in [2.24, 2.45) is 5.16 Å². The highest BCUT2D eigenvalue weighted by Gasteiger charge is 2.13. The standard InChI is InChI=1S/C29H39N3O3/c1-6-25(23(4)31-16-9-8-10-17-31)20-22(3)24(5)35-30-21-26-12-11-13-28-27(26)14-18-32(28)19-15-29(33)34-7-2/h11-14,18,20-21H,5-10,15-17,19H2,1-4H3/b22-20+,25-23+,30-21+. The molecule has 0 saturated carbocycles. The van der Waals surface area contributed by atoms with E-state index >= 15 is 0 Å². The maximum atomic E-state index is 11.7. The number of carbonyl (C=O) groups excluding carboxylic acids is 1. The van der Waals surface area contributed by atoms with Gasteiger partial charge >= 0.3 is 5.97 Å². The van der Waals surface area contributed by atoms with Gasteiger partial charge in [0.05, 0.1) is 19.2 Å².